The molecule has 0 aromatic heterocycles. The lowest BCUT2D eigenvalue weighted by atomic mass is 10.1. The first-order valence-corrected chi connectivity index (χ1v) is 4.79. The molecule has 1 aromatic rings. The van der Waals surface area contributed by atoms with Gasteiger partial charge in [0.2, 0.25) is 3.79 Å². The summed E-state index contributed by atoms with van der Waals surface area (Å²) in [7, 11) is 0. The Hall–Kier alpha value is -0.350. The van der Waals surface area contributed by atoms with Crippen LogP contribution in [0.15, 0.2) is 18.2 Å². The van der Waals surface area contributed by atoms with Crippen molar-refractivity contribution in [3.8, 4) is 5.75 Å². The zero-order valence-electron chi connectivity index (χ0n) is 6.92. The van der Waals surface area contributed by atoms with E-state index >= 15 is 0 Å². The number of hydrogen-bond donors (Lipinski definition) is 3. The number of benzene rings is 1. The third-order valence-electron chi connectivity index (χ3n) is 1.70. The molecule has 1 atom stereocenters. The van der Waals surface area contributed by atoms with Gasteiger partial charge in [0.15, 0.2) is 0 Å². The van der Waals surface area contributed by atoms with Crippen LogP contribution >= 0.6 is 34.8 Å². The van der Waals surface area contributed by atoms with E-state index < -0.39 is 9.90 Å². The Morgan fingerprint density at radius 3 is 2.36 bits per heavy atom. The van der Waals surface area contributed by atoms with E-state index in [1.807, 2.05) is 0 Å². The molecular weight excluding hydrogens is 248 g/mol. The van der Waals surface area contributed by atoms with Crippen LogP contribution < -0.4 is 5.73 Å². The van der Waals surface area contributed by atoms with E-state index in [2.05, 4.69) is 0 Å². The highest BCUT2D eigenvalue weighted by Crippen LogP contribution is 2.43. The topological polar surface area (TPSA) is 66.5 Å². The van der Waals surface area contributed by atoms with Gasteiger partial charge in [-0.05, 0) is 6.07 Å². The molecule has 4 N–H and O–H groups in total. The average molecular weight is 257 g/mol. The lowest BCUT2D eigenvalue weighted by molar-refractivity contribution is 0.178. The van der Waals surface area contributed by atoms with Crippen LogP contribution in [0.5, 0.6) is 5.75 Å². The number of para-hydroxylation sites is 1. The van der Waals surface area contributed by atoms with Crippen LogP contribution in [0.1, 0.15) is 11.7 Å². The number of halogens is 3. The molecule has 0 saturated carbocycles. The monoisotopic (exact) mass is 255 g/mol. The van der Waals surface area contributed by atoms with E-state index in [1.165, 1.54) is 12.1 Å². The van der Waals surface area contributed by atoms with Crippen molar-refractivity contribution in [1.82, 2.24) is 0 Å². The Kier molecular flexibility index (Phi) is 3.37. The van der Waals surface area contributed by atoms with Gasteiger partial charge >= 0.3 is 0 Å². The van der Waals surface area contributed by atoms with Crippen LogP contribution in [-0.2, 0) is 0 Å². The van der Waals surface area contributed by atoms with Gasteiger partial charge in [-0.3, -0.25) is 0 Å². The van der Waals surface area contributed by atoms with E-state index in [-0.39, 0.29) is 17.0 Å². The number of nitrogen functional groups attached to an aromatic ring is 1. The molecule has 6 heteroatoms. The van der Waals surface area contributed by atoms with Crippen molar-refractivity contribution in [3.63, 3.8) is 0 Å². The van der Waals surface area contributed by atoms with E-state index in [0.29, 0.717) is 0 Å². The predicted molar refractivity (Wildman–Crippen MR) is 57.8 cm³/mol. The van der Waals surface area contributed by atoms with Gasteiger partial charge < -0.3 is 15.9 Å². The molecule has 0 fully saturated rings. The number of alkyl halides is 3. The summed E-state index contributed by atoms with van der Waals surface area (Å²) in [5.41, 5.74) is 5.62. The molecule has 0 amide bonds. The molecule has 78 valence electrons. The first-order chi connectivity index (χ1) is 6.34. The summed E-state index contributed by atoms with van der Waals surface area (Å²) in [6, 6.07) is 4.45. The van der Waals surface area contributed by atoms with E-state index in [4.69, 9.17) is 40.5 Å². The van der Waals surface area contributed by atoms with E-state index in [0.717, 1.165) is 0 Å². The summed E-state index contributed by atoms with van der Waals surface area (Å²) in [6.45, 7) is 0. The van der Waals surface area contributed by atoms with Gasteiger partial charge in [0.1, 0.15) is 11.9 Å². The minimum Gasteiger partial charge on any atom is -0.505 e. The lowest BCUT2D eigenvalue weighted by Gasteiger charge is -2.20. The van der Waals surface area contributed by atoms with Crippen molar-refractivity contribution in [2.75, 3.05) is 5.73 Å². The van der Waals surface area contributed by atoms with Crippen LogP contribution in [0.25, 0.3) is 0 Å². The standard InChI is InChI=1S/C8H8Cl3NO2/c9-8(10,11)7(14)4-2-1-3-5(12)6(4)13/h1-3,7,13-14H,12H2. The molecule has 1 unspecified atom stereocenters. The normalized spacial score (nSPS) is 14.0. The number of aromatic hydroxyl groups is 1. The molecule has 0 spiro atoms. The lowest BCUT2D eigenvalue weighted by Crippen LogP contribution is -2.16. The summed E-state index contributed by atoms with van der Waals surface area (Å²) >= 11 is 16.4. The Labute approximate surface area is 96.0 Å². The van der Waals surface area contributed by atoms with Crippen LogP contribution in [0.4, 0.5) is 5.69 Å². The zero-order valence-corrected chi connectivity index (χ0v) is 9.18. The van der Waals surface area contributed by atoms with Gasteiger partial charge in [-0.25, -0.2) is 0 Å². The van der Waals surface area contributed by atoms with Crippen LogP contribution in [0, 0.1) is 0 Å². The fourth-order valence-electron chi connectivity index (χ4n) is 0.977. The van der Waals surface area contributed by atoms with Crippen LogP contribution in [0.3, 0.4) is 0 Å². The molecule has 0 bridgehead atoms. The fourth-order valence-corrected chi connectivity index (χ4v) is 1.33. The largest absolute Gasteiger partial charge is 0.505 e. The number of phenols is 1. The highest BCUT2D eigenvalue weighted by molar-refractivity contribution is 6.68. The second-order valence-electron chi connectivity index (χ2n) is 2.73. The maximum atomic E-state index is 9.55. The Morgan fingerprint density at radius 2 is 1.86 bits per heavy atom. The van der Waals surface area contributed by atoms with Crippen molar-refractivity contribution < 1.29 is 10.2 Å². The van der Waals surface area contributed by atoms with Crippen LogP contribution in [-0.4, -0.2) is 14.0 Å². The number of hydrogen-bond acceptors (Lipinski definition) is 3. The number of anilines is 1. The molecule has 1 rings (SSSR count). The number of rotatable bonds is 1. The molecule has 0 aliphatic heterocycles. The highest BCUT2D eigenvalue weighted by atomic mass is 35.6. The van der Waals surface area contributed by atoms with Crippen molar-refractivity contribution >= 4 is 40.5 Å². The van der Waals surface area contributed by atoms with Gasteiger partial charge in [0, 0.05) is 5.56 Å². The second kappa shape index (κ2) is 4.03. The number of phenolic OH excluding ortho intramolecular Hbond substituents is 1. The number of nitrogens with two attached hydrogens (primary N) is 1. The zero-order chi connectivity index (χ0) is 10.9. The maximum absolute atomic E-state index is 9.55. The minimum atomic E-state index is -1.90. The molecule has 0 heterocycles. The SMILES string of the molecule is Nc1cccc(C(O)C(Cl)(Cl)Cl)c1O. The van der Waals surface area contributed by atoms with Crippen LogP contribution in [0.2, 0.25) is 0 Å². The van der Waals surface area contributed by atoms with Crippen molar-refractivity contribution in [2.45, 2.75) is 9.90 Å². The molecular formula is C8H8Cl3NO2. The van der Waals surface area contributed by atoms with Gasteiger partial charge in [-0.1, -0.05) is 46.9 Å². The minimum absolute atomic E-state index is 0.0880. The van der Waals surface area contributed by atoms with E-state index in [1.54, 1.807) is 6.07 Å². The molecule has 0 saturated heterocycles. The summed E-state index contributed by atoms with van der Waals surface area (Å²) in [5, 5.41) is 19.0. The Bertz CT molecular complexity index is 338. The predicted octanol–water partition coefficient (Wildman–Crippen LogP) is 2.38. The summed E-state index contributed by atoms with van der Waals surface area (Å²) in [4.78, 5) is 0. The first-order valence-electron chi connectivity index (χ1n) is 3.66. The molecule has 3 nitrogen and oxygen atoms in total. The second-order valence-corrected chi connectivity index (χ2v) is 5.10. The quantitative estimate of drug-likeness (QED) is 0.410. The molecule has 0 aliphatic carbocycles. The molecule has 0 radical (unpaired) electrons. The molecule has 1 aromatic carbocycles. The summed E-state index contributed by atoms with van der Waals surface area (Å²) in [6.07, 6.45) is -1.42. The summed E-state index contributed by atoms with van der Waals surface area (Å²) < 4.78 is -1.90. The van der Waals surface area contributed by atoms with Crippen molar-refractivity contribution in [3.05, 3.63) is 23.8 Å². The average Bonchev–Trinajstić information content (AvgIpc) is 2.07. The third-order valence-corrected chi connectivity index (χ3v) is 2.32. The summed E-state index contributed by atoms with van der Waals surface area (Å²) in [5.74, 6) is -0.272. The fraction of sp³-hybridized carbons (Fsp3) is 0.250. The molecule has 0 aliphatic rings. The third kappa shape index (κ3) is 2.36. The highest BCUT2D eigenvalue weighted by Gasteiger charge is 2.34. The maximum Gasteiger partial charge on any atom is 0.220 e. The number of aliphatic hydroxyl groups excluding tert-OH is 1. The number of aliphatic hydroxyl groups is 1. The Balaban J connectivity index is 3.14. The van der Waals surface area contributed by atoms with Crippen molar-refractivity contribution in [2.24, 2.45) is 0 Å². The van der Waals surface area contributed by atoms with Gasteiger partial charge in [-0.2, -0.15) is 0 Å². The smallest absolute Gasteiger partial charge is 0.220 e. The Morgan fingerprint density at radius 1 is 1.29 bits per heavy atom. The van der Waals surface area contributed by atoms with Gasteiger partial charge in [0.05, 0.1) is 5.69 Å². The van der Waals surface area contributed by atoms with Gasteiger partial charge in [0.25, 0.3) is 0 Å². The van der Waals surface area contributed by atoms with E-state index in [9.17, 15) is 10.2 Å². The first kappa shape index (κ1) is 11.7. The molecule has 14 heavy (non-hydrogen) atoms. The van der Waals surface area contributed by atoms with Gasteiger partial charge in [-0.15, -0.1) is 0 Å². The van der Waals surface area contributed by atoms with Crippen molar-refractivity contribution in [1.29, 1.82) is 0 Å².